The lowest BCUT2D eigenvalue weighted by molar-refractivity contribution is -0.112. The zero-order chi connectivity index (χ0) is 34.0. The average Bonchev–Trinajstić information content (AvgIpc) is 3.86. The fourth-order valence-corrected chi connectivity index (χ4v) is 6.87. The molecular weight excluding hydrogens is 614 g/mol. The summed E-state index contributed by atoms with van der Waals surface area (Å²) in [7, 11) is 5.18. The Labute approximate surface area is 280 Å². The van der Waals surface area contributed by atoms with Crippen LogP contribution in [0.2, 0.25) is 0 Å². The van der Waals surface area contributed by atoms with Crippen LogP contribution in [0.25, 0.3) is 57.4 Å². The molecule has 8 rings (SSSR count). The van der Waals surface area contributed by atoms with Gasteiger partial charge in [-0.25, -0.2) is 4.98 Å². The second-order valence-corrected chi connectivity index (χ2v) is 12.3. The molecule has 1 aliphatic heterocycles. The number of ether oxygens (including phenoxy) is 1. The molecular formula is C39H33N7O3. The molecule has 0 saturated heterocycles. The maximum absolute atomic E-state index is 13.5. The first kappa shape index (κ1) is 29.8. The van der Waals surface area contributed by atoms with Gasteiger partial charge in [0.2, 0.25) is 0 Å². The van der Waals surface area contributed by atoms with E-state index in [-0.39, 0.29) is 11.5 Å². The lowest BCUT2D eigenvalue weighted by Crippen LogP contribution is -2.30. The number of amides is 1. The molecule has 7 aromatic rings. The Morgan fingerprint density at radius 1 is 0.959 bits per heavy atom. The molecule has 1 aliphatic rings. The maximum Gasteiger partial charge on any atom is 0.258 e. The Bertz CT molecular complexity index is 2690. The number of nitrogen functional groups attached to an aromatic ring is 1. The third-order valence-corrected chi connectivity index (χ3v) is 9.31. The minimum atomic E-state index is -0.0823. The number of carbonyl (C=O) groups excluding carboxylic acids is 1. The number of aryl methyl sites for hydroxylation is 1. The summed E-state index contributed by atoms with van der Waals surface area (Å²) in [6, 6.07) is 23.2. The van der Waals surface area contributed by atoms with Crippen LogP contribution in [0.15, 0.2) is 83.8 Å². The Kier molecular flexibility index (Phi) is 6.88. The number of H-pyrrole nitrogens is 3. The molecule has 0 fully saturated rings. The number of methoxy groups -OCH3 is 1. The molecule has 242 valence electrons. The molecule has 5 N–H and O–H groups in total. The molecule has 0 radical (unpaired) electrons. The van der Waals surface area contributed by atoms with Crippen molar-refractivity contribution in [2.75, 3.05) is 24.8 Å². The highest BCUT2D eigenvalue weighted by Gasteiger charge is 2.32. The molecule has 0 bridgehead atoms. The van der Waals surface area contributed by atoms with Crippen LogP contribution in [0, 0.1) is 0 Å². The van der Waals surface area contributed by atoms with Crippen LogP contribution in [0.5, 0.6) is 5.75 Å². The minimum Gasteiger partial charge on any atom is -0.495 e. The zero-order valence-electron chi connectivity index (χ0n) is 27.2. The van der Waals surface area contributed by atoms with Crippen LogP contribution >= 0.6 is 0 Å². The molecule has 0 aliphatic carbocycles. The third kappa shape index (κ3) is 4.84. The maximum atomic E-state index is 13.5. The van der Waals surface area contributed by atoms with Gasteiger partial charge < -0.3 is 34.9 Å². The van der Waals surface area contributed by atoms with Crippen LogP contribution in [-0.4, -0.2) is 44.6 Å². The lowest BCUT2D eigenvalue weighted by atomic mass is 9.94. The smallest absolute Gasteiger partial charge is 0.258 e. The number of hydrogen-bond donors (Lipinski definition) is 4. The number of nitrogens with one attached hydrogen (secondary N) is 3. The molecule has 1 amide bonds. The monoisotopic (exact) mass is 647 g/mol. The highest BCUT2D eigenvalue weighted by atomic mass is 16.5. The Morgan fingerprint density at radius 3 is 2.55 bits per heavy atom. The Morgan fingerprint density at radius 2 is 1.76 bits per heavy atom. The van der Waals surface area contributed by atoms with E-state index in [1.54, 1.807) is 36.9 Å². The van der Waals surface area contributed by atoms with E-state index in [9.17, 15) is 9.59 Å². The molecule has 5 heterocycles. The summed E-state index contributed by atoms with van der Waals surface area (Å²) >= 11 is 0. The lowest BCUT2D eigenvalue weighted by Gasteiger charge is -2.11. The van der Waals surface area contributed by atoms with Crippen LogP contribution in [0.3, 0.4) is 0 Å². The largest absolute Gasteiger partial charge is 0.495 e. The van der Waals surface area contributed by atoms with Gasteiger partial charge in [0, 0.05) is 60.3 Å². The molecule has 0 saturated carbocycles. The Hall–Kier alpha value is -6.55. The summed E-state index contributed by atoms with van der Waals surface area (Å²) in [4.78, 5) is 43.6. The summed E-state index contributed by atoms with van der Waals surface area (Å²) in [5.74, 6) is 0.614. The number of aromatic nitrogens is 5. The number of likely N-dealkylation sites (N-methyl/N-ethyl adjacent to an activating group) is 1. The Balaban J connectivity index is 1.19. The van der Waals surface area contributed by atoms with Gasteiger partial charge in [0.1, 0.15) is 5.75 Å². The van der Waals surface area contributed by atoms with Crippen molar-refractivity contribution in [3.05, 3.63) is 128 Å². The molecule has 49 heavy (non-hydrogen) atoms. The quantitative estimate of drug-likeness (QED) is 0.154. The van der Waals surface area contributed by atoms with Gasteiger partial charge in [-0.15, -0.1) is 0 Å². The van der Waals surface area contributed by atoms with Gasteiger partial charge >= 0.3 is 0 Å². The van der Waals surface area contributed by atoms with Gasteiger partial charge in [0.25, 0.3) is 11.5 Å². The molecule has 10 nitrogen and oxygen atoms in total. The van der Waals surface area contributed by atoms with E-state index < -0.39 is 0 Å². The van der Waals surface area contributed by atoms with E-state index in [0.29, 0.717) is 45.2 Å². The van der Waals surface area contributed by atoms with Gasteiger partial charge in [-0.1, -0.05) is 30.8 Å². The van der Waals surface area contributed by atoms with Crippen molar-refractivity contribution in [1.29, 1.82) is 0 Å². The average molecular weight is 648 g/mol. The second kappa shape index (κ2) is 11.3. The van der Waals surface area contributed by atoms with Gasteiger partial charge in [-0.3, -0.25) is 9.59 Å². The van der Waals surface area contributed by atoms with Crippen LogP contribution in [0.1, 0.15) is 28.2 Å². The summed E-state index contributed by atoms with van der Waals surface area (Å²) in [5.41, 5.74) is 16.2. The fourth-order valence-electron chi connectivity index (χ4n) is 6.87. The molecule has 10 heteroatoms. The predicted octanol–water partition coefficient (Wildman–Crippen LogP) is 4.68. The molecule has 0 atom stereocenters. The van der Waals surface area contributed by atoms with E-state index in [0.717, 1.165) is 55.9 Å². The standard InChI is InChI=1S/C39H33N7O3/c1-21-30(44-29-13-14-33-36(37(29)42-21)28(39(48)46(33)3)20-31-34(49-4)15-16-41-31)19-25-12-11-24(43-25)18-27-35-26(22-7-5-8-23(40)17-22)9-6-10-32(35)45(2)38(27)47/h5-19,41,43-44H,1,20,40H2,2-4H3/b27-18-,30-19-. The van der Waals surface area contributed by atoms with E-state index in [1.807, 2.05) is 84.9 Å². The van der Waals surface area contributed by atoms with E-state index in [2.05, 4.69) is 21.5 Å². The van der Waals surface area contributed by atoms with Crippen molar-refractivity contribution in [3.8, 4) is 16.9 Å². The number of anilines is 2. The predicted molar refractivity (Wildman–Crippen MR) is 196 cm³/mol. The number of hydrogen-bond acceptors (Lipinski definition) is 5. The number of nitrogens with two attached hydrogens (primary N) is 1. The third-order valence-electron chi connectivity index (χ3n) is 9.31. The summed E-state index contributed by atoms with van der Waals surface area (Å²) in [5, 5.41) is 2.03. The number of rotatable bonds is 6. The number of carbonyl (C=O) groups is 1. The van der Waals surface area contributed by atoms with Crippen molar-refractivity contribution in [1.82, 2.24) is 24.5 Å². The van der Waals surface area contributed by atoms with E-state index in [4.69, 9.17) is 15.5 Å². The molecule has 3 aromatic carbocycles. The SMILES string of the molecule is C=c1nc2c(ccc3c2c(Cc2[nH]ccc2OC)c(=O)n3C)[nH]/c1=C\c1ccc(/C=C2\C(=O)N(C)c3cccc(-c4cccc(N)c4)c32)[nH]1. The highest BCUT2D eigenvalue weighted by Crippen LogP contribution is 2.43. The highest BCUT2D eigenvalue weighted by molar-refractivity contribution is 6.37. The van der Waals surface area contributed by atoms with Crippen LogP contribution in [-0.2, 0) is 18.3 Å². The van der Waals surface area contributed by atoms with Crippen molar-refractivity contribution >= 4 is 63.5 Å². The van der Waals surface area contributed by atoms with Crippen molar-refractivity contribution < 1.29 is 9.53 Å². The molecule has 4 aromatic heterocycles. The van der Waals surface area contributed by atoms with Gasteiger partial charge in [0.15, 0.2) is 0 Å². The molecule has 0 spiro atoms. The van der Waals surface area contributed by atoms with Gasteiger partial charge in [-0.2, -0.15) is 0 Å². The van der Waals surface area contributed by atoms with E-state index >= 15 is 0 Å². The van der Waals surface area contributed by atoms with Crippen molar-refractivity contribution in [2.24, 2.45) is 7.05 Å². The summed E-state index contributed by atoms with van der Waals surface area (Å²) < 4.78 is 7.14. The van der Waals surface area contributed by atoms with Crippen LogP contribution in [0.4, 0.5) is 11.4 Å². The van der Waals surface area contributed by atoms with Crippen molar-refractivity contribution in [3.63, 3.8) is 0 Å². The van der Waals surface area contributed by atoms with Crippen LogP contribution < -0.4 is 31.6 Å². The first-order chi connectivity index (χ1) is 23.7. The van der Waals surface area contributed by atoms with Gasteiger partial charge in [-0.05, 0) is 71.8 Å². The summed E-state index contributed by atoms with van der Waals surface area (Å²) in [6.45, 7) is 4.24. The second-order valence-electron chi connectivity index (χ2n) is 12.3. The first-order valence-electron chi connectivity index (χ1n) is 15.8. The number of aromatic amines is 3. The number of benzene rings is 3. The van der Waals surface area contributed by atoms with E-state index in [1.165, 1.54) is 0 Å². The molecule has 0 unspecified atom stereocenters. The first-order valence-corrected chi connectivity index (χ1v) is 15.8. The summed E-state index contributed by atoms with van der Waals surface area (Å²) in [6.07, 6.45) is 6.00. The van der Waals surface area contributed by atoms with Crippen molar-refractivity contribution in [2.45, 2.75) is 6.42 Å². The minimum absolute atomic E-state index is 0.0789. The normalized spacial score (nSPS) is 14.1. The van der Waals surface area contributed by atoms with Gasteiger partial charge in [0.05, 0.1) is 51.3 Å². The number of fused-ring (bicyclic) bond motifs is 4. The fraction of sp³-hybridized carbons (Fsp3) is 0.103. The number of nitrogens with zero attached hydrogens (tertiary/aromatic N) is 3. The topological polar surface area (TPSA) is 138 Å². The zero-order valence-corrected chi connectivity index (χ0v) is 27.2.